The van der Waals surface area contributed by atoms with Crippen molar-refractivity contribution >= 4 is 0 Å². The number of nitrogens with zero attached hydrogens (tertiary/aromatic N) is 2. The summed E-state index contributed by atoms with van der Waals surface area (Å²) in [6.45, 7) is 6.86. The van der Waals surface area contributed by atoms with Gasteiger partial charge >= 0.3 is 0 Å². The fourth-order valence-corrected chi connectivity index (χ4v) is 2.54. The van der Waals surface area contributed by atoms with E-state index in [4.69, 9.17) is 5.73 Å². The molecule has 0 amide bonds. The second-order valence-electron chi connectivity index (χ2n) is 5.98. The van der Waals surface area contributed by atoms with Crippen molar-refractivity contribution in [2.45, 2.75) is 31.8 Å². The Bertz CT molecular complexity index is 221. The summed E-state index contributed by atoms with van der Waals surface area (Å²) in [5.74, 6) is 0.819. The molecule has 1 fully saturated rings. The minimum Gasteiger partial charge on any atom is -0.389 e. The number of nitrogens with two attached hydrogens (primary N) is 1. The first kappa shape index (κ1) is 14.9. The van der Waals surface area contributed by atoms with E-state index in [1.807, 2.05) is 6.92 Å². The summed E-state index contributed by atoms with van der Waals surface area (Å²) in [6.07, 6.45) is 3.13. The largest absolute Gasteiger partial charge is 0.389 e. The molecule has 2 unspecified atom stereocenters. The fourth-order valence-electron chi connectivity index (χ4n) is 2.54. The molecule has 0 aliphatic carbocycles. The lowest BCUT2D eigenvalue weighted by molar-refractivity contribution is 0.0548. The number of rotatable bonds is 7. The topological polar surface area (TPSA) is 52.7 Å². The molecule has 17 heavy (non-hydrogen) atoms. The highest BCUT2D eigenvalue weighted by Crippen LogP contribution is 2.16. The van der Waals surface area contributed by atoms with Gasteiger partial charge < -0.3 is 20.6 Å². The summed E-state index contributed by atoms with van der Waals surface area (Å²) in [6, 6.07) is 0. The Labute approximate surface area is 106 Å². The third-order valence-corrected chi connectivity index (χ3v) is 3.75. The SMILES string of the molecule is CN(CCCC(C)(O)CN)CC1CCN(C)C1. The van der Waals surface area contributed by atoms with Crippen molar-refractivity contribution in [3.05, 3.63) is 0 Å². The predicted octanol–water partition coefficient (Wildman–Crippen LogP) is 0.360. The van der Waals surface area contributed by atoms with Crippen molar-refractivity contribution in [2.75, 3.05) is 46.8 Å². The minimum absolute atomic E-state index is 0.351. The number of hydrogen-bond acceptors (Lipinski definition) is 4. The lowest BCUT2D eigenvalue weighted by Crippen LogP contribution is -2.35. The van der Waals surface area contributed by atoms with Crippen molar-refractivity contribution in [1.82, 2.24) is 9.80 Å². The van der Waals surface area contributed by atoms with Crippen LogP contribution in [-0.4, -0.2) is 67.3 Å². The second-order valence-corrected chi connectivity index (χ2v) is 5.98. The first-order chi connectivity index (χ1) is 7.93. The summed E-state index contributed by atoms with van der Waals surface area (Å²) < 4.78 is 0. The Morgan fingerprint density at radius 1 is 1.53 bits per heavy atom. The summed E-state index contributed by atoms with van der Waals surface area (Å²) >= 11 is 0. The van der Waals surface area contributed by atoms with Crippen molar-refractivity contribution in [2.24, 2.45) is 11.7 Å². The molecule has 1 aliphatic rings. The van der Waals surface area contributed by atoms with Gasteiger partial charge in [0.1, 0.15) is 0 Å². The molecule has 3 N–H and O–H groups in total. The highest BCUT2D eigenvalue weighted by molar-refractivity contribution is 4.77. The predicted molar refractivity (Wildman–Crippen MR) is 72.0 cm³/mol. The highest BCUT2D eigenvalue weighted by atomic mass is 16.3. The lowest BCUT2D eigenvalue weighted by atomic mass is 10.0. The fraction of sp³-hybridized carbons (Fsp3) is 1.00. The van der Waals surface area contributed by atoms with E-state index in [2.05, 4.69) is 23.9 Å². The molecule has 1 aliphatic heterocycles. The number of aliphatic hydroxyl groups is 1. The van der Waals surface area contributed by atoms with Gasteiger partial charge in [0.2, 0.25) is 0 Å². The molecule has 0 bridgehead atoms. The zero-order valence-corrected chi connectivity index (χ0v) is 11.7. The van der Waals surface area contributed by atoms with Crippen LogP contribution in [0, 0.1) is 5.92 Å². The second kappa shape index (κ2) is 6.69. The molecule has 0 radical (unpaired) electrons. The average Bonchev–Trinajstić information content (AvgIpc) is 2.63. The molecule has 0 aromatic heterocycles. The van der Waals surface area contributed by atoms with Crippen LogP contribution < -0.4 is 5.73 Å². The molecular formula is C13H29N3O. The Balaban J connectivity index is 2.11. The normalized spacial score (nSPS) is 25.4. The van der Waals surface area contributed by atoms with Gasteiger partial charge in [0, 0.05) is 19.6 Å². The van der Waals surface area contributed by atoms with Gasteiger partial charge in [-0.1, -0.05) is 0 Å². The highest BCUT2D eigenvalue weighted by Gasteiger charge is 2.21. The maximum atomic E-state index is 9.80. The van der Waals surface area contributed by atoms with Crippen LogP contribution >= 0.6 is 0 Å². The molecule has 0 saturated carbocycles. The van der Waals surface area contributed by atoms with Crippen LogP contribution in [0.25, 0.3) is 0 Å². The van der Waals surface area contributed by atoms with Gasteiger partial charge in [0.05, 0.1) is 5.60 Å². The molecular weight excluding hydrogens is 214 g/mol. The van der Waals surface area contributed by atoms with E-state index < -0.39 is 5.60 Å². The molecule has 1 heterocycles. The maximum Gasteiger partial charge on any atom is 0.0741 e. The Morgan fingerprint density at radius 2 is 2.24 bits per heavy atom. The van der Waals surface area contributed by atoms with Crippen LogP contribution in [-0.2, 0) is 0 Å². The van der Waals surface area contributed by atoms with Crippen LogP contribution in [0.4, 0.5) is 0 Å². The third kappa shape index (κ3) is 5.82. The molecule has 0 aromatic rings. The van der Waals surface area contributed by atoms with Crippen LogP contribution in [0.1, 0.15) is 26.2 Å². The van der Waals surface area contributed by atoms with E-state index in [1.165, 1.54) is 26.1 Å². The average molecular weight is 243 g/mol. The van der Waals surface area contributed by atoms with Crippen LogP contribution in [0.5, 0.6) is 0 Å². The maximum absolute atomic E-state index is 9.80. The van der Waals surface area contributed by atoms with E-state index in [1.54, 1.807) is 0 Å². The van der Waals surface area contributed by atoms with Crippen molar-refractivity contribution in [3.63, 3.8) is 0 Å². The standard InChI is InChI=1S/C13H29N3O/c1-13(17,11-14)6-4-7-15(2)9-12-5-8-16(3)10-12/h12,17H,4-11,14H2,1-3H3. The van der Waals surface area contributed by atoms with E-state index in [-0.39, 0.29) is 0 Å². The molecule has 1 saturated heterocycles. The molecule has 2 atom stereocenters. The van der Waals surface area contributed by atoms with Crippen LogP contribution in [0.3, 0.4) is 0 Å². The van der Waals surface area contributed by atoms with Crippen LogP contribution in [0.2, 0.25) is 0 Å². The van der Waals surface area contributed by atoms with Gasteiger partial charge in [-0.2, -0.15) is 0 Å². The van der Waals surface area contributed by atoms with E-state index in [9.17, 15) is 5.11 Å². The van der Waals surface area contributed by atoms with E-state index in [0.29, 0.717) is 6.54 Å². The van der Waals surface area contributed by atoms with Gasteiger partial charge in [0.25, 0.3) is 0 Å². The smallest absolute Gasteiger partial charge is 0.0741 e. The first-order valence-corrected chi connectivity index (χ1v) is 6.72. The minimum atomic E-state index is -0.686. The van der Waals surface area contributed by atoms with E-state index in [0.717, 1.165) is 25.3 Å². The van der Waals surface area contributed by atoms with E-state index >= 15 is 0 Å². The number of hydrogen-bond donors (Lipinski definition) is 2. The summed E-state index contributed by atoms with van der Waals surface area (Å²) in [4.78, 5) is 4.79. The molecule has 0 aromatic carbocycles. The molecule has 1 rings (SSSR count). The summed E-state index contributed by atoms with van der Waals surface area (Å²) in [7, 11) is 4.37. The zero-order chi connectivity index (χ0) is 12.9. The first-order valence-electron chi connectivity index (χ1n) is 6.72. The van der Waals surface area contributed by atoms with Gasteiger partial charge in [-0.3, -0.25) is 0 Å². The quantitative estimate of drug-likeness (QED) is 0.678. The Hall–Kier alpha value is -0.160. The van der Waals surface area contributed by atoms with Gasteiger partial charge in [-0.15, -0.1) is 0 Å². The molecule has 4 nitrogen and oxygen atoms in total. The van der Waals surface area contributed by atoms with Gasteiger partial charge in [0.15, 0.2) is 0 Å². The van der Waals surface area contributed by atoms with Gasteiger partial charge in [-0.25, -0.2) is 0 Å². The Kier molecular flexibility index (Phi) is 5.86. The van der Waals surface area contributed by atoms with Crippen molar-refractivity contribution < 1.29 is 5.11 Å². The summed E-state index contributed by atoms with van der Waals surface area (Å²) in [5, 5.41) is 9.80. The molecule has 4 heteroatoms. The Morgan fingerprint density at radius 3 is 2.76 bits per heavy atom. The monoisotopic (exact) mass is 243 g/mol. The van der Waals surface area contributed by atoms with Crippen molar-refractivity contribution in [1.29, 1.82) is 0 Å². The van der Waals surface area contributed by atoms with Gasteiger partial charge in [-0.05, 0) is 59.3 Å². The summed E-state index contributed by atoms with van der Waals surface area (Å²) in [5.41, 5.74) is 4.82. The number of likely N-dealkylation sites (tertiary alicyclic amines) is 1. The van der Waals surface area contributed by atoms with Crippen LogP contribution in [0.15, 0.2) is 0 Å². The van der Waals surface area contributed by atoms with Crippen molar-refractivity contribution in [3.8, 4) is 0 Å². The molecule has 102 valence electrons. The molecule has 0 spiro atoms. The third-order valence-electron chi connectivity index (χ3n) is 3.75. The lowest BCUT2D eigenvalue weighted by Gasteiger charge is -2.24. The zero-order valence-electron chi connectivity index (χ0n) is 11.7.